The maximum atomic E-state index is 10.5. The topological polar surface area (TPSA) is 104 Å². The molecule has 0 radical (unpaired) electrons. The van der Waals surface area contributed by atoms with E-state index in [4.69, 9.17) is 20.9 Å². The Hall–Kier alpha value is -1.44. The van der Waals surface area contributed by atoms with Crippen molar-refractivity contribution in [1.29, 1.82) is 0 Å². The number of methoxy groups -OCH3 is 1. The fraction of sp³-hybridized carbons (Fsp3) is 0.450. The summed E-state index contributed by atoms with van der Waals surface area (Å²) in [5.74, 6) is 2.06. The van der Waals surface area contributed by atoms with E-state index in [0.29, 0.717) is 11.6 Å². The minimum absolute atomic E-state index is 0. The number of nitrogens with zero attached hydrogens (tertiary/aromatic N) is 1. The van der Waals surface area contributed by atoms with Crippen LogP contribution in [0.5, 0.6) is 11.5 Å². The first kappa shape index (κ1) is 27.6. The lowest BCUT2D eigenvalue weighted by molar-refractivity contribution is 0.0643. The first-order valence-corrected chi connectivity index (χ1v) is 9.00. The minimum atomic E-state index is -0.746. The highest BCUT2D eigenvalue weighted by molar-refractivity contribution is 5.86. The Morgan fingerprint density at radius 2 is 1.86 bits per heavy atom. The minimum Gasteiger partial charge on any atom is -0.497 e. The number of rotatable bonds is 6. The van der Waals surface area contributed by atoms with Crippen molar-refractivity contribution in [3.8, 4) is 11.5 Å². The van der Waals surface area contributed by atoms with Gasteiger partial charge in [-0.15, -0.1) is 37.2 Å². The molecule has 2 unspecified atom stereocenters. The number of nitrogens with two attached hydrogens (primary N) is 2. The van der Waals surface area contributed by atoms with Crippen LogP contribution >= 0.6 is 37.2 Å². The number of fused-ring (bicyclic) bond motifs is 1. The van der Waals surface area contributed by atoms with E-state index >= 15 is 0 Å². The molecule has 164 valence electrons. The Labute approximate surface area is 190 Å². The normalized spacial score (nSPS) is 17.1. The first-order chi connectivity index (χ1) is 12.6. The molecule has 2 aromatic rings. The molecule has 6 nitrogen and oxygen atoms in total. The molecule has 0 amide bonds. The van der Waals surface area contributed by atoms with E-state index in [1.165, 1.54) is 11.1 Å². The molecule has 1 aliphatic carbocycles. The van der Waals surface area contributed by atoms with E-state index in [1.807, 2.05) is 6.07 Å². The van der Waals surface area contributed by atoms with Crippen molar-refractivity contribution in [2.45, 2.75) is 37.8 Å². The van der Waals surface area contributed by atoms with Crippen molar-refractivity contribution in [3.05, 3.63) is 47.7 Å². The number of anilines is 1. The summed E-state index contributed by atoms with van der Waals surface area (Å²) in [6.07, 6.45) is 4.72. The summed E-state index contributed by atoms with van der Waals surface area (Å²) in [5, 5.41) is 10.5. The fourth-order valence-corrected chi connectivity index (χ4v) is 3.51. The van der Waals surface area contributed by atoms with Gasteiger partial charge in [-0.05, 0) is 67.0 Å². The van der Waals surface area contributed by atoms with Gasteiger partial charge in [-0.2, -0.15) is 0 Å². The first-order valence-electron chi connectivity index (χ1n) is 9.00. The summed E-state index contributed by atoms with van der Waals surface area (Å²) in [7, 11) is 1.68. The monoisotopic (exact) mass is 465 g/mol. The molecule has 1 aromatic carbocycles. The van der Waals surface area contributed by atoms with Gasteiger partial charge in [0.1, 0.15) is 30.0 Å². The Kier molecular flexibility index (Phi) is 12.3. The quantitative estimate of drug-likeness (QED) is 0.565. The zero-order valence-corrected chi connectivity index (χ0v) is 18.8. The molecule has 0 aliphatic heterocycles. The molecular formula is C20H30Cl3N3O3. The van der Waals surface area contributed by atoms with Crippen molar-refractivity contribution < 1.29 is 14.6 Å². The number of pyridine rings is 1. The lowest BCUT2D eigenvalue weighted by atomic mass is 9.87. The molecule has 0 fully saturated rings. The molecule has 3 atom stereocenters. The molecule has 1 aromatic heterocycles. The molecule has 0 spiro atoms. The molecule has 1 heterocycles. The number of aliphatic hydroxyl groups excluding tert-OH is 1. The van der Waals surface area contributed by atoms with Crippen LogP contribution < -0.4 is 20.9 Å². The van der Waals surface area contributed by atoms with Gasteiger partial charge >= 0.3 is 0 Å². The highest BCUT2D eigenvalue weighted by Gasteiger charge is 2.28. The highest BCUT2D eigenvalue weighted by atomic mass is 35.5. The Morgan fingerprint density at radius 3 is 2.52 bits per heavy atom. The van der Waals surface area contributed by atoms with E-state index in [2.05, 4.69) is 17.1 Å². The van der Waals surface area contributed by atoms with Crippen molar-refractivity contribution in [2.24, 2.45) is 11.7 Å². The third-order valence-corrected chi connectivity index (χ3v) is 5.09. The van der Waals surface area contributed by atoms with Crippen LogP contribution in [0.3, 0.4) is 0 Å². The zero-order valence-electron chi connectivity index (χ0n) is 16.3. The van der Waals surface area contributed by atoms with Crippen LogP contribution in [0.1, 0.15) is 24.0 Å². The second-order valence-corrected chi connectivity index (χ2v) is 6.87. The molecule has 29 heavy (non-hydrogen) atoms. The van der Waals surface area contributed by atoms with Crippen LogP contribution in [-0.2, 0) is 12.8 Å². The number of ether oxygens (including phenoxy) is 2. The SMILES string of the molecule is COc1ccc2c(c1)CC(C(N)[C@@H](O)COc1ccc(N)nc1)CCC2.Cl.Cl.Cl. The van der Waals surface area contributed by atoms with E-state index in [9.17, 15) is 5.11 Å². The standard InChI is InChI=1S/C20H27N3O3.3ClH/c1-25-16-6-5-13-3-2-4-14(9-15(13)10-16)20(22)18(24)12-26-17-7-8-19(21)23-11-17;;;/h5-8,10-11,14,18,20,24H,2-4,9,12,22H2,1H3,(H2,21,23);3*1H/t14?,18-,20?;;;/m0.../s1. The van der Waals surface area contributed by atoms with Crippen molar-refractivity contribution >= 4 is 43.0 Å². The second-order valence-electron chi connectivity index (χ2n) is 6.87. The molecule has 0 saturated heterocycles. The average Bonchev–Trinajstić information content (AvgIpc) is 2.88. The van der Waals surface area contributed by atoms with Gasteiger partial charge < -0.3 is 26.0 Å². The number of aliphatic hydroxyl groups is 1. The molecule has 9 heteroatoms. The van der Waals surface area contributed by atoms with Gasteiger partial charge in [0.05, 0.1) is 13.3 Å². The Balaban J connectivity index is 0.00000261. The van der Waals surface area contributed by atoms with Crippen LogP contribution in [0.25, 0.3) is 0 Å². The molecule has 1 aliphatic rings. The number of aryl methyl sites for hydroxylation is 1. The smallest absolute Gasteiger partial charge is 0.137 e. The molecular weight excluding hydrogens is 437 g/mol. The number of nitrogen functional groups attached to an aromatic ring is 1. The predicted molar refractivity (Wildman–Crippen MR) is 123 cm³/mol. The summed E-state index contributed by atoms with van der Waals surface area (Å²) >= 11 is 0. The lowest BCUT2D eigenvalue weighted by Crippen LogP contribution is -2.45. The van der Waals surface area contributed by atoms with Crippen LogP contribution in [-0.4, -0.2) is 36.0 Å². The molecule has 0 saturated carbocycles. The molecule has 5 N–H and O–H groups in total. The summed E-state index contributed by atoms with van der Waals surface area (Å²) in [5.41, 5.74) is 14.5. The maximum Gasteiger partial charge on any atom is 0.137 e. The third-order valence-electron chi connectivity index (χ3n) is 5.09. The Morgan fingerprint density at radius 1 is 1.14 bits per heavy atom. The van der Waals surface area contributed by atoms with E-state index in [0.717, 1.165) is 31.4 Å². The number of hydrogen-bond acceptors (Lipinski definition) is 6. The average molecular weight is 467 g/mol. The summed E-state index contributed by atoms with van der Waals surface area (Å²) in [6.45, 7) is 0.133. The highest BCUT2D eigenvalue weighted by Crippen LogP contribution is 2.29. The zero-order chi connectivity index (χ0) is 18.5. The molecule has 3 rings (SSSR count). The van der Waals surface area contributed by atoms with Crippen LogP contribution in [0.15, 0.2) is 36.5 Å². The van der Waals surface area contributed by atoms with Crippen LogP contribution in [0.4, 0.5) is 5.82 Å². The van der Waals surface area contributed by atoms with Gasteiger partial charge in [0.25, 0.3) is 0 Å². The van der Waals surface area contributed by atoms with Gasteiger partial charge in [0.15, 0.2) is 0 Å². The van der Waals surface area contributed by atoms with Crippen molar-refractivity contribution in [3.63, 3.8) is 0 Å². The molecule has 0 bridgehead atoms. The van der Waals surface area contributed by atoms with Crippen molar-refractivity contribution in [1.82, 2.24) is 4.98 Å². The third kappa shape index (κ3) is 7.39. The van der Waals surface area contributed by atoms with Gasteiger partial charge in [-0.25, -0.2) is 4.98 Å². The van der Waals surface area contributed by atoms with Gasteiger partial charge in [0, 0.05) is 6.04 Å². The lowest BCUT2D eigenvalue weighted by Gasteiger charge is -2.27. The van der Waals surface area contributed by atoms with Crippen molar-refractivity contribution in [2.75, 3.05) is 19.5 Å². The number of benzene rings is 1. The van der Waals surface area contributed by atoms with Gasteiger partial charge in [-0.3, -0.25) is 0 Å². The summed E-state index contributed by atoms with van der Waals surface area (Å²) in [6, 6.07) is 9.27. The fourth-order valence-electron chi connectivity index (χ4n) is 3.51. The van der Waals surface area contributed by atoms with E-state index in [-0.39, 0.29) is 55.8 Å². The largest absolute Gasteiger partial charge is 0.497 e. The van der Waals surface area contributed by atoms with E-state index in [1.54, 1.807) is 25.4 Å². The van der Waals surface area contributed by atoms with Crippen LogP contribution in [0, 0.1) is 5.92 Å². The summed E-state index contributed by atoms with van der Waals surface area (Å²) in [4.78, 5) is 3.97. The van der Waals surface area contributed by atoms with Gasteiger partial charge in [0.2, 0.25) is 0 Å². The van der Waals surface area contributed by atoms with E-state index < -0.39 is 6.10 Å². The number of aromatic nitrogens is 1. The predicted octanol–water partition coefficient (Wildman–Crippen LogP) is 3.20. The Bertz CT molecular complexity index is 735. The van der Waals surface area contributed by atoms with Gasteiger partial charge in [-0.1, -0.05) is 6.07 Å². The number of halogens is 3. The number of hydrogen-bond donors (Lipinski definition) is 3. The second kappa shape index (κ2) is 13.0. The maximum absolute atomic E-state index is 10.5. The van der Waals surface area contributed by atoms with Crippen LogP contribution in [0.2, 0.25) is 0 Å². The summed E-state index contributed by atoms with van der Waals surface area (Å²) < 4.78 is 10.9.